The molecule has 1 fully saturated rings. The minimum atomic E-state index is -3.41. The summed E-state index contributed by atoms with van der Waals surface area (Å²) in [5.74, 6) is 0.510. The molecule has 1 saturated carbocycles. The van der Waals surface area contributed by atoms with Gasteiger partial charge in [-0.1, -0.05) is 12.1 Å². The van der Waals surface area contributed by atoms with Gasteiger partial charge in [-0.05, 0) is 56.8 Å². The molecule has 106 valence electrons. The van der Waals surface area contributed by atoms with Crippen LogP contribution in [0.2, 0.25) is 0 Å². The van der Waals surface area contributed by atoms with Crippen LogP contribution in [0, 0.1) is 12.8 Å². The molecule has 19 heavy (non-hydrogen) atoms. The Kier molecular flexibility index (Phi) is 4.28. The van der Waals surface area contributed by atoms with Gasteiger partial charge in [0.25, 0.3) is 0 Å². The second kappa shape index (κ2) is 5.61. The summed E-state index contributed by atoms with van der Waals surface area (Å²) in [6.07, 6.45) is 2.25. The van der Waals surface area contributed by atoms with E-state index in [2.05, 4.69) is 10.0 Å². The summed E-state index contributed by atoms with van der Waals surface area (Å²) in [6.45, 7) is 4.48. The molecular formula is C14H22N2O2S. The van der Waals surface area contributed by atoms with Crippen LogP contribution in [0.15, 0.2) is 23.1 Å². The van der Waals surface area contributed by atoms with Crippen LogP contribution >= 0.6 is 0 Å². The number of hydrogen-bond acceptors (Lipinski definition) is 3. The van der Waals surface area contributed by atoms with Gasteiger partial charge < -0.3 is 5.32 Å². The van der Waals surface area contributed by atoms with Crippen molar-refractivity contribution in [1.29, 1.82) is 0 Å². The quantitative estimate of drug-likeness (QED) is 0.836. The Bertz CT molecular complexity index is 551. The third-order valence-corrected chi connectivity index (χ3v) is 5.43. The van der Waals surface area contributed by atoms with Crippen LogP contribution in [-0.4, -0.2) is 21.5 Å². The Morgan fingerprint density at radius 1 is 1.37 bits per heavy atom. The summed E-state index contributed by atoms with van der Waals surface area (Å²) in [7, 11) is -1.56. The molecule has 2 rings (SSSR count). The molecule has 1 unspecified atom stereocenters. The second-order valence-electron chi connectivity index (χ2n) is 5.32. The van der Waals surface area contributed by atoms with Gasteiger partial charge in [0.2, 0.25) is 10.0 Å². The maximum Gasteiger partial charge on any atom is 0.241 e. The van der Waals surface area contributed by atoms with E-state index in [9.17, 15) is 8.42 Å². The summed E-state index contributed by atoms with van der Waals surface area (Å²) in [5.41, 5.74) is 1.84. The molecule has 2 N–H and O–H groups in total. The molecule has 0 saturated heterocycles. The fraction of sp³-hybridized carbons (Fsp3) is 0.571. The highest BCUT2D eigenvalue weighted by molar-refractivity contribution is 7.89. The Morgan fingerprint density at radius 2 is 2.05 bits per heavy atom. The fourth-order valence-corrected chi connectivity index (χ4v) is 3.93. The van der Waals surface area contributed by atoms with E-state index in [4.69, 9.17) is 0 Å². The summed E-state index contributed by atoms with van der Waals surface area (Å²) >= 11 is 0. The van der Waals surface area contributed by atoms with Gasteiger partial charge in [-0.2, -0.15) is 0 Å². The highest BCUT2D eigenvalue weighted by atomic mass is 32.2. The SMILES string of the molecule is CNCc1cccc(S(=O)(=O)NC(C)C2CC2)c1C. The number of rotatable bonds is 6. The molecule has 1 aliphatic carbocycles. The molecule has 1 aromatic carbocycles. The van der Waals surface area contributed by atoms with Crippen molar-refractivity contribution in [2.75, 3.05) is 7.05 Å². The smallest absolute Gasteiger partial charge is 0.241 e. The number of sulfonamides is 1. The van der Waals surface area contributed by atoms with Crippen LogP contribution in [-0.2, 0) is 16.6 Å². The molecule has 0 amide bonds. The zero-order valence-electron chi connectivity index (χ0n) is 11.7. The average molecular weight is 282 g/mol. The monoisotopic (exact) mass is 282 g/mol. The van der Waals surface area contributed by atoms with Gasteiger partial charge in [0.1, 0.15) is 0 Å². The van der Waals surface area contributed by atoms with Crippen LogP contribution < -0.4 is 10.0 Å². The maximum atomic E-state index is 12.4. The molecule has 1 atom stereocenters. The van der Waals surface area contributed by atoms with E-state index in [1.807, 2.05) is 27.0 Å². The van der Waals surface area contributed by atoms with E-state index in [0.717, 1.165) is 24.0 Å². The number of nitrogens with one attached hydrogen (secondary N) is 2. The molecular weight excluding hydrogens is 260 g/mol. The van der Waals surface area contributed by atoms with Crippen LogP contribution in [0.1, 0.15) is 30.9 Å². The molecule has 0 aromatic heterocycles. The maximum absolute atomic E-state index is 12.4. The van der Waals surface area contributed by atoms with Crippen molar-refractivity contribution in [3.05, 3.63) is 29.3 Å². The van der Waals surface area contributed by atoms with Gasteiger partial charge in [0.05, 0.1) is 4.90 Å². The molecule has 1 aromatic rings. The van der Waals surface area contributed by atoms with Gasteiger partial charge in [-0.3, -0.25) is 0 Å². The molecule has 0 radical (unpaired) electrons. The Morgan fingerprint density at radius 3 is 2.63 bits per heavy atom. The molecule has 0 heterocycles. The van der Waals surface area contributed by atoms with Gasteiger partial charge in [-0.25, -0.2) is 13.1 Å². The first-order valence-electron chi connectivity index (χ1n) is 6.71. The summed E-state index contributed by atoms with van der Waals surface area (Å²) in [6, 6.07) is 5.46. The van der Waals surface area contributed by atoms with E-state index in [1.54, 1.807) is 12.1 Å². The molecule has 0 bridgehead atoms. The zero-order chi connectivity index (χ0) is 14.0. The fourth-order valence-electron chi connectivity index (χ4n) is 2.33. The van der Waals surface area contributed by atoms with E-state index < -0.39 is 10.0 Å². The lowest BCUT2D eigenvalue weighted by atomic mass is 10.1. The lowest BCUT2D eigenvalue weighted by Gasteiger charge is -2.16. The highest BCUT2D eigenvalue weighted by Gasteiger charge is 2.31. The highest BCUT2D eigenvalue weighted by Crippen LogP contribution is 2.33. The van der Waals surface area contributed by atoms with Gasteiger partial charge in [0.15, 0.2) is 0 Å². The lowest BCUT2D eigenvalue weighted by molar-refractivity contribution is 0.537. The van der Waals surface area contributed by atoms with Crippen molar-refractivity contribution in [3.8, 4) is 0 Å². The van der Waals surface area contributed by atoms with E-state index in [-0.39, 0.29) is 6.04 Å². The van der Waals surface area contributed by atoms with Crippen LogP contribution in [0.4, 0.5) is 0 Å². The molecule has 1 aliphatic rings. The summed E-state index contributed by atoms with van der Waals surface area (Å²) < 4.78 is 27.6. The van der Waals surface area contributed by atoms with Crippen molar-refractivity contribution in [1.82, 2.24) is 10.0 Å². The second-order valence-corrected chi connectivity index (χ2v) is 7.00. The van der Waals surface area contributed by atoms with Crippen LogP contribution in [0.25, 0.3) is 0 Å². The zero-order valence-corrected chi connectivity index (χ0v) is 12.5. The Hall–Kier alpha value is -0.910. The van der Waals surface area contributed by atoms with Gasteiger partial charge in [-0.15, -0.1) is 0 Å². The van der Waals surface area contributed by atoms with E-state index >= 15 is 0 Å². The lowest BCUT2D eigenvalue weighted by Crippen LogP contribution is -2.34. The largest absolute Gasteiger partial charge is 0.316 e. The van der Waals surface area contributed by atoms with E-state index in [1.165, 1.54) is 0 Å². The van der Waals surface area contributed by atoms with E-state index in [0.29, 0.717) is 17.4 Å². The average Bonchev–Trinajstić information content (AvgIpc) is 3.15. The number of benzene rings is 1. The van der Waals surface area contributed by atoms with Crippen molar-refractivity contribution in [2.24, 2.45) is 5.92 Å². The molecule has 0 aliphatic heterocycles. The van der Waals surface area contributed by atoms with Crippen molar-refractivity contribution < 1.29 is 8.42 Å². The predicted molar refractivity (Wildman–Crippen MR) is 76.5 cm³/mol. The third kappa shape index (κ3) is 3.35. The summed E-state index contributed by atoms with van der Waals surface area (Å²) in [5, 5.41) is 3.06. The Labute approximate surface area is 115 Å². The topological polar surface area (TPSA) is 58.2 Å². The molecule has 5 heteroatoms. The normalized spacial score (nSPS) is 17.4. The Balaban J connectivity index is 2.26. The standard InChI is InChI=1S/C14H22N2O2S/c1-10-13(9-15-3)5-4-6-14(10)19(17,18)16-11(2)12-7-8-12/h4-6,11-12,15-16H,7-9H2,1-3H3. The first kappa shape index (κ1) is 14.5. The van der Waals surface area contributed by atoms with Crippen molar-refractivity contribution >= 4 is 10.0 Å². The predicted octanol–water partition coefficient (Wildman–Crippen LogP) is 1.79. The molecule has 0 spiro atoms. The first-order valence-corrected chi connectivity index (χ1v) is 8.19. The van der Waals surface area contributed by atoms with Gasteiger partial charge >= 0.3 is 0 Å². The molecule has 4 nitrogen and oxygen atoms in total. The minimum Gasteiger partial charge on any atom is -0.316 e. The first-order chi connectivity index (χ1) is 8.95. The van der Waals surface area contributed by atoms with Crippen LogP contribution in [0.5, 0.6) is 0 Å². The van der Waals surface area contributed by atoms with Crippen molar-refractivity contribution in [3.63, 3.8) is 0 Å². The minimum absolute atomic E-state index is 0.0253. The summed E-state index contributed by atoms with van der Waals surface area (Å²) in [4.78, 5) is 0.396. The third-order valence-electron chi connectivity index (χ3n) is 3.72. The number of hydrogen-bond donors (Lipinski definition) is 2. The van der Waals surface area contributed by atoms with Crippen molar-refractivity contribution in [2.45, 2.75) is 44.2 Å². The van der Waals surface area contributed by atoms with Gasteiger partial charge in [0, 0.05) is 12.6 Å². The van der Waals surface area contributed by atoms with Crippen LogP contribution in [0.3, 0.4) is 0 Å².